The van der Waals surface area contributed by atoms with Crippen LogP contribution in [0.25, 0.3) is 0 Å². The molecule has 0 saturated heterocycles. The number of primary amides is 2. The Labute approximate surface area is 132 Å². The van der Waals surface area contributed by atoms with Crippen molar-refractivity contribution < 1.29 is 28.8 Å². The van der Waals surface area contributed by atoms with Gasteiger partial charge in [0.1, 0.15) is 11.3 Å². The highest BCUT2D eigenvalue weighted by Crippen LogP contribution is 2.30. The Hall–Kier alpha value is -2.78. The second kappa shape index (κ2) is 6.99. The van der Waals surface area contributed by atoms with E-state index in [-0.39, 0.29) is 0 Å². The molecule has 0 spiro atoms. The van der Waals surface area contributed by atoms with E-state index in [0.29, 0.717) is 0 Å². The lowest BCUT2D eigenvalue weighted by molar-refractivity contribution is -0.145. The predicted octanol–water partition coefficient (Wildman–Crippen LogP) is -1.45. The first-order chi connectivity index (χ1) is 10.3. The fourth-order valence-corrected chi connectivity index (χ4v) is 2.65. The maximum absolute atomic E-state index is 12.3. The van der Waals surface area contributed by atoms with Crippen LogP contribution in [0.15, 0.2) is 0 Å². The zero-order valence-electron chi connectivity index (χ0n) is 13.3. The molecule has 0 fully saturated rings. The Kier molecular flexibility index (Phi) is 6.14. The zero-order valence-corrected chi connectivity index (χ0v) is 13.3. The van der Waals surface area contributed by atoms with Crippen molar-refractivity contribution in [2.45, 2.75) is 45.2 Å². The van der Waals surface area contributed by atoms with Gasteiger partial charge in [0.2, 0.25) is 0 Å². The SMILES string of the molecule is CC(=O)CC(NC(N)=O)(C(C)=O)C(NC(N)=O)(C(C)=O)C(C)=O. The molecule has 0 radical (unpaired) electrons. The largest absolute Gasteiger partial charge is 0.352 e. The Balaban J connectivity index is 6.84. The molecular formula is C13H20N4O6. The average Bonchev–Trinajstić information content (AvgIpc) is 2.32. The number of hydrogen-bond donors (Lipinski definition) is 4. The van der Waals surface area contributed by atoms with Crippen LogP contribution in [0, 0.1) is 0 Å². The van der Waals surface area contributed by atoms with Crippen molar-refractivity contribution in [2.24, 2.45) is 11.5 Å². The van der Waals surface area contributed by atoms with Crippen LogP contribution in [0.3, 0.4) is 0 Å². The first-order valence-electron chi connectivity index (χ1n) is 6.51. The van der Waals surface area contributed by atoms with Crippen LogP contribution in [-0.2, 0) is 19.2 Å². The fourth-order valence-electron chi connectivity index (χ4n) is 2.65. The Morgan fingerprint density at radius 3 is 1.35 bits per heavy atom. The number of nitrogens with one attached hydrogen (secondary N) is 2. The molecule has 10 heteroatoms. The first kappa shape index (κ1) is 20.2. The summed E-state index contributed by atoms with van der Waals surface area (Å²) in [7, 11) is 0. The van der Waals surface area contributed by atoms with E-state index in [9.17, 15) is 28.8 Å². The molecule has 0 aromatic heterocycles. The third-order valence-corrected chi connectivity index (χ3v) is 3.46. The van der Waals surface area contributed by atoms with Crippen LogP contribution in [0.5, 0.6) is 0 Å². The summed E-state index contributed by atoms with van der Waals surface area (Å²) in [5.74, 6) is -3.54. The van der Waals surface area contributed by atoms with E-state index in [0.717, 1.165) is 27.7 Å². The zero-order chi connectivity index (χ0) is 18.6. The summed E-state index contributed by atoms with van der Waals surface area (Å²) in [6, 6.07) is -2.56. The molecule has 4 amide bonds. The summed E-state index contributed by atoms with van der Waals surface area (Å²) in [5, 5.41) is 3.91. The van der Waals surface area contributed by atoms with E-state index in [4.69, 9.17) is 11.5 Å². The van der Waals surface area contributed by atoms with Crippen LogP contribution in [0.4, 0.5) is 9.59 Å². The summed E-state index contributed by atoms with van der Waals surface area (Å²) in [6.07, 6.45) is -0.745. The molecule has 0 heterocycles. The number of urea groups is 2. The van der Waals surface area contributed by atoms with Gasteiger partial charge in [0, 0.05) is 6.42 Å². The van der Waals surface area contributed by atoms with Crippen molar-refractivity contribution in [2.75, 3.05) is 0 Å². The highest BCUT2D eigenvalue weighted by Gasteiger charge is 2.63. The number of Topliss-reactive ketones (excluding diaryl/α,β-unsaturated/α-hetero) is 4. The lowest BCUT2D eigenvalue weighted by Crippen LogP contribution is -2.80. The molecule has 0 aromatic rings. The van der Waals surface area contributed by atoms with Gasteiger partial charge in [-0.05, 0) is 27.7 Å². The molecule has 0 rings (SSSR count). The van der Waals surface area contributed by atoms with Crippen LogP contribution >= 0.6 is 0 Å². The maximum atomic E-state index is 12.3. The van der Waals surface area contributed by atoms with Gasteiger partial charge < -0.3 is 22.1 Å². The predicted molar refractivity (Wildman–Crippen MR) is 78.2 cm³/mol. The molecule has 0 saturated carbocycles. The average molecular weight is 328 g/mol. The molecule has 0 aromatic carbocycles. The van der Waals surface area contributed by atoms with Gasteiger partial charge >= 0.3 is 12.1 Å². The molecular weight excluding hydrogens is 308 g/mol. The lowest BCUT2D eigenvalue weighted by Gasteiger charge is -2.45. The number of ketones is 4. The number of rotatable bonds is 8. The summed E-state index contributed by atoms with van der Waals surface area (Å²) < 4.78 is 0. The monoisotopic (exact) mass is 328 g/mol. The topological polar surface area (TPSA) is 179 Å². The summed E-state index contributed by atoms with van der Waals surface area (Å²) >= 11 is 0. The van der Waals surface area contributed by atoms with Gasteiger partial charge in [0.15, 0.2) is 22.9 Å². The van der Waals surface area contributed by atoms with Crippen LogP contribution in [0.1, 0.15) is 34.1 Å². The smallest absolute Gasteiger partial charge is 0.313 e. The van der Waals surface area contributed by atoms with Crippen LogP contribution < -0.4 is 22.1 Å². The van der Waals surface area contributed by atoms with Gasteiger partial charge in [-0.15, -0.1) is 0 Å². The molecule has 1 unspecified atom stereocenters. The Morgan fingerprint density at radius 2 is 1.13 bits per heavy atom. The van der Waals surface area contributed by atoms with Crippen molar-refractivity contribution in [1.82, 2.24) is 10.6 Å². The highest BCUT2D eigenvalue weighted by molar-refractivity contribution is 6.19. The van der Waals surface area contributed by atoms with Crippen molar-refractivity contribution in [1.29, 1.82) is 0 Å². The summed E-state index contributed by atoms with van der Waals surface area (Å²) in [4.78, 5) is 71.0. The summed E-state index contributed by atoms with van der Waals surface area (Å²) in [6.45, 7) is 3.85. The molecule has 0 aliphatic rings. The third kappa shape index (κ3) is 3.71. The standard InChI is InChI=1S/C13H20N4O6/c1-6(18)5-12(7(2)19,16-10(14)22)13(8(3)20,9(4)21)17-11(15)23/h5H2,1-4H3,(H3,14,16,22)(H3,15,17,23). The second-order valence-electron chi connectivity index (χ2n) is 5.18. The molecule has 1 atom stereocenters. The van der Waals surface area contributed by atoms with Crippen LogP contribution in [-0.4, -0.2) is 46.3 Å². The van der Waals surface area contributed by atoms with Crippen molar-refractivity contribution >= 4 is 35.2 Å². The molecule has 0 bridgehead atoms. The van der Waals surface area contributed by atoms with E-state index < -0.39 is 52.7 Å². The summed E-state index contributed by atoms with van der Waals surface area (Å²) in [5.41, 5.74) is 5.10. The highest BCUT2D eigenvalue weighted by atomic mass is 16.2. The van der Waals surface area contributed by atoms with E-state index in [1.54, 1.807) is 0 Å². The van der Waals surface area contributed by atoms with Gasteiger partial charge in [-0.1, -0.05) is 0 Å². The lowest BCUT2D eigenvalue weighted by atomic mass is 9.66. The maximum Gasteiger partial charge on any atom is 0.313 e. The van der Waals surface area contributed by atoms with Crippen molar-refractivity contribution in [3.05, 3.63) is 0 Å². The number of hydrogen-bond acceptors (Lipinski definition) is 6. The minimum atomic E-state index is -2.56. The normalized spacial score (nSPS) is 13.4. The van der Waals surface area contributed by atoms with Crippen LogP contribution in [0.2, 0.25) is 0 Å². The van der Waals surface area contributed by atoms with Gasteiger partial charge in [0.25, 0.3) is 0 Å². The van der Waals surface area contributed by atoms with Gasteiger partial charge in [-0.3, -0.25) is 19.2 Å². The van der Waals surface area contributed by atoms with Gasteiger partial charge in [0.05, 0.1) is 0 Å². The Morgan fingerprint density at radius 1 is 0.739 bits per heavy atom. The quantitative estimate of drug-likeness (QED) is 0.395. The Bertz CT molecular complexity index is 553. The number of carbonyl (C=O) groups excluding carboxylic acids is 6. The number of carbonyl (C=O) groups is 6. The van der Waals surface area contributed by atoms with Crippen molar-refractivity contribution in [3.8, 4) is 0 Å². The van der Waals surface area contributed by atoms with E-state index in [1.165, 1.54) is 0 Å². The fraction of sp³-hybridized carbons (Fsp3) is 0.538. The van der Waals surface area contributed by atoms with E-state index in [1.807, 2.05) is 10.6 Å². The minimum Gasteiger partial charge on any atom is -0.352 e. The second-order valence-corrected chi connectivity index (χ2v) is 5.18. The first-order valence-corrected chi connectivity index (χ1v) is 6.51. The van der Waals surface area contributed by atoms with E-state index >= 15 is 0 Å². The van der Waals surface area contributed by atoms with Crippen molar-refractivity contribution in [3.63, 3.8) is 0 Å². The van der Waals surface area contributed by atoms with E-state index in [2.05, 4.69) is 0 Å². The molecule has 6 N–H and O–H groups in total. The molecule has 10 nitrogen and oxygen atoms in total. The molecule has 0 aliphatic heterocycles. The van der Waals surface area contributed by atoms with Gasteiger partial charge in [-0.25, -0.2) is 9.59 Å². The molecule has 23 heavy (non-hydrogen) atoms. The number of nitrogens with two attached hydrogens (primary N) is 2. The van der Waals surface area contributed by atoms with Gasteiger partial charge in [-0.2, -0.15) is 0 Å². The number of amides is 4. The minimum absolute atomic E-state index is 0.632. The molecule has 0 aliphatic carbocycles. The third-order valence-electron chi connectivity index (χ3n) is 3.46. The molecule has 128 valence electrons.